The number of fused-ring (bicyclic) bond motifs is 2. The molecule has 4 rings (SSSR count). The number of rotatable bonds is 5. The average molecular weight is 710 g/mol. The number of thiazole rings is 1. The lowest BCUT2D eigenvalue weighted by molar-refractivity contribution is -0.138. The molecule has 0 unspecified atom stereocenters. The number of carbonyl (C=O) groups is 6. The molecule has 0 aliphatic carbocycles. The number of hydrogen-bond acceptors (Lipinski definition) is 9. The highest BCUT2D eigenvalue weighted by molar-refractivity contribution is 7.10. The van der Waals surface area contributed by atoms with Gasteiger partial charge in [-0.1, -0.05) is 50.2 Å². The number of amides is 6. The lowest BCUT2D eigenvalue weighted by Crippen LogP contribution is -2.57. The molecule has 262 valence electrons. The zero-order valence-corrected chi connectivity index (χ0v) is 29.9. The van der Waals surface area contributed by atoms with Gasteiger partial charge in [0.05, 0.1) is 19.0 Å². The van der Waals surface area contributed by atoms with Gasteiger partial charge in [0, 0.05) is 30.4 Å². The van der Waals surface area contributed by atoms with Gasteiger partial charge in [-0.05, 0) is 43.2 Å². The summed E-state index contributed by atoms with van der Waals surface area (Å²) in [6.45, 7) is 6.44. The van der Waals surface area contributed by atoms with Crippen molar-refractivity contribution in [3.8, 4) is 0 Å². The summed E-state index contributed by atoms with van der Waals surface area (Å²) >= 11 is 2.62. The molecule has 3 aromatic rings. The predicted octanol–water partition coefficient (Wildman–Crippen LogP) is 1.91. The first-order valence-corrected chi connectivity index (χ1v) is 17.8. The molecule has 3 heterocycles. The molecule has 1 aromatic carbocycles. The zero-order chi connectivity index (χ0) is 35.7. The van der Waals surface area contributed by atoms with Crippen molar-refractivity contribution in [3.05, 3.63) is 74.4 Å². The van der Waals surface area contributed by atoms with Gasteiger partial charge < -0.3 is 31.1 Å². The van der Waals surface area contributed by atoms with E-state index in [1.807, 2.05) is 47.8 Å². The Morgan fingerprint density at radius 3 is 2.31 bits per heavy atom. The van der Waals surface area contributed by atoms with Gasteiger partial charge in [0.1, 0.15) is 28.8 Å². The fraction of sp³-hybridized carbons (Fsp3) is 0.441. The molecule has 2 aromatic heterocycles. The van der Waals surface area contributed by atoms with Crippen LogP contribution in [-0.4, -0.2) is 95.0 Å². The smallest absolute Gasteiger partial charge is 0.271 e. The van der Waals surface area contributed by atoms with Gasteiger partial charge in [-0.3, -0.25) is 28.8 Å². The molecule has 0 saturated heterocycles. The summed E-state index contributed by atoms with van der Waals surface area (Å²) in [7, 11) is 1.56. The summed E-state index contributed by atoms with van der Waals surface area (Å²) in [6.07, 6.45) is 0.462. The highest BCUT2D eigenvalue weighted by atomic mass is 32.1. The largest absolute Gasteiger partial charge is 0.345 e. The van der Waals surface area contributed by atoms with E-state index in [9.17, 15) is 28.8 Å². The van der Waals surface area contributed by atoms with Crippen molar-refractivity contribution >= 4 is 58.1 Å². The van der Waals surface area contributed by atoms with Crippen LogP contribution in [0.4, 0.5) is 0 Å². The minimum absolute atomic E-state index is 0.0635. The van der Waals surface area contributed by atoms with Crippen LogP contribution < -0.4 is 21.3 Å². The van der Waals surface area contributed by atoms with Crippen LogP contribution in [0, 0.1) is 5.92 Å². The van der Waals surface area contributed by atoms with Gasteiger partial charge in [0.15, 0.2) is 0 Å². The van der Waals surface area contributed by atoms with Crippen molar-refractivity contribution in [1.82, 2.24) is 36.1 Å². The van der Waals surface area contributed by atoms with Crippen LogP contribution in [0.5, 0.6) is 0 Å². The van der Waals surface area contributed by atoms with Gasteiger partial charge in [-0.15, -0.1) is 22.7 Å². The summed E-state index contributed by atoms with van der Waals surface area (Å²) in [5.41, 5.74) is 0.992. The maximum atomic E-state index is 13.6. The van der Waals surface area contributed by atoms with Crippen LogP contribution in [0.1, 0.15) is 59.7 Å². The number of carbonyl (C=O) groups excluding carboxylic acids is 6. The molecule has 0 spiro atoms. The fourth-order valence-electron chi connectivity index (χ4n) is 5.21. The van der Waals surface area contributed by atoms with E-state index in [0.717, 1.165) is 10.4 Å². The highest BCUT2D eigenvalue weighted by Gasteiger charge is 2.31. The van der Waals surface area contributed by atoms with Gasteiger partial charge in [0.25, 0.3) is 5.91 Å². The van der Waals surface area contributed by atoms with Crippen LogP contribution in [0.15, 0.2) is 53.2 Å². The molecule has 15 heteroatoms. The van der Waals surface area contributed by atoms with Gasteiger partial charge in [-0.2, -0.15) is 0 Å². The highest BCUT2D eigenvalue weighted by Crippen LogP contribution is 2.23. The van der Waals surface area contributed by atoms with Gasteiger partial charge in [0.2, 0.25) is 29.5 Å². The fourth-order valence-corrected chi connectivity index (χ4v) is 6.75. The molecule has 0 saturated carbocycles. The molecule has 13 nitrogen and oxygen atoms in total. The maximum absolute atomic E-state index is 13.6. The molecule has 49 heavy (non-hydrogen) atoms. The van der Waals surface area contributed by atoms with Gasteiger partial charge in [-0.25, -0.2) is 4.98 Å². The second-order valence-electron chi connectivity index (χ2n) is 12.4. The molecule has 1 aliphatic heterocycles. The lowest BCUT2D eigenvalue weighted by Gasteiger charge is -2.29. The lowest BCUT2D eigenvalue weighted by atomic mass is 10.0. The SMILES string of the molecule is CC(C)[C@@H]1NC(=O)[C@H](C)NC(=O)c2csc(n2)[C@H](Cc2ccccc2)NC(=O)CN(C(=O)Cc2cccs2)CCN(C)C(=O)[C@@H](C)NC1=O. The van der Waals surface area contributed by atoms with E-state index in [1.165, 1.54) is 46.3 Å². The number of nitrogens with zero attached hydrogens (tertiary/aromatic N) is 3. The number of hydrogen-bond donors (Lipinski definition) is 4. The minimum Gasteiger partial charge on any atom is -0.345 e. The Kier molecular flexibility index (Phi) is 13.0. The predicted molar refractivity (Wildman–Crippen MR) is 187 cm³/mol. The first-order chi connectivity index (χ1) is 23.3. The third-order valence-corrected chi connectivity index (χ3v) is 9.90. The average Bonchev–Trinajstić information content (AvgIpc) is 3.77. The topological polar surface area (TPSA) is 170 Å². The summed E-state index contributed by atoms with van der Waals surface area (Å²) < 4.78 is 0. The van der Waals surface area contributed by atoms with E-state index in [-0.39, 0.29) is 43.6 Å². The number of thiophene rings is 1. The van der Waals surface area contributed by atoms with Gasteiger partial charge >= 0.3 is 0 Å². The van der Waals surface area contributed by atoms with Crippen molar-refractivity contribution in [1.29, 1.82) is 0 Å². The van der Waals surface area contributed by atoms with E-state index < -0.39 is 53.7 Å². The monoisotopic (exact) mass is 709 g/mol. The Hall–Kier alpha value is -4.63. The Bertz CT molecular complexity index is 1630. The number of nitrogens with one attached hydrogen (secondary N) is 4. The van der Waals surface area contributed by atoms with Crippen molar-refractivity contribution in [2.24, 2.45) is 5.92 Å². The Labute approximate surface area is 293 Å². The zero-order valence-electron chi connectivity index (χ0n) is 28.2. The number of likely N-dealkylation sites (N-methyl/N-ethyl adjacent to an activating group) is 1. The minimum atomic E-state index is -1.01. The molecule has 0 fully saturated rings. The van der Waals surface area contributed by atoms with Crippen molar-refractivity contribution in [3.63, 3.8) is 0 Å². The second kappa shape index (κ2) is 17.2. The van der Waals surface area contributed by atoms with Crippen LogP contribution >= 0.6 is 22.7 Å². The van der Waals surface area contributed by atoms with Crippen LogP contribution in [-0.2, 0) is 36.8 Å². The molecule has 4 atom stereocenters. The normalized spacial score (nSPS) is 22.1. The van der Waals surface area contributed by atoms with Crippen LogP contribution in [0.25, 0.3) is 0 Å². The third-order valence-electron chi connectivity index (χ3n) is 8.06. The summed E-state index contributed by atoms with van der Waals surface area (Å²) in [4.78, 5) is 88.1. The van der Waals surface area contributed by atoms with Crippen LogP contribution in [0.3, 0.4) is 0 Å². The summed E-state index contributed by atoms with van der Waals surface area (Å²) in [5.74, 6) is -3.20. The molecular formula is C34H43N7O6S2. The molecule has 1 aliphatic rings. The Balaban J connectivity index is 1.66. The van der Waals surface area contributed by atoms with E-state index in [1.54, 1.807) is 26.3 Å². The van der Waals surface area contributed by atoms with Crippen LogP contribution in [0.2, 0.25) is 0 Å². The van der Waals surface area contributed by atoms with E-state index in [0.29, 0.717) is 11.4 Å². The molecule has 2 bridgehead atoms. The van der Waals surface area contributed by atoms with E-state index in [4.69, 9.17) is 0 Å². The quantitative estimate of drug-likeness (QED) is 0.314. The molecule has 6 amide bonds. The maximum Gasteiger partial charge on any atom is 0.271 e. The number of benzene rings is 1. The van der Waals surface area contributed by atoms with E-state index >= 15 is 0 Å². The first-order valence-electron chi connectivity index (χ1n) is 16.1. The molecule has 4 N–H and O–H groups in total. The molecule has 0 radical (unpaired) electrons. The van der Waals surface area contributed by atoms with Crippen molar-refractivity contribution in [2.75, 3.05) is 26.7 Å². The summed E-state index contributed by atoms with van der Waals surface area (Å²) in [5, 5.41) is 14.9. The van der Waals surface area contributed by atoms with Crippen molar-refractivity contribution in [2.45, 2.75) is 64.7 Å². The standard InChI is InChI=1S/C34H43N7O6S2/c1-20(2)29-32(46)36-22(4)34(47)40(5)13-14-41(28(43)17-24-12-9-15-48-24)18-27(42)37-25(16-23-10-7-6-8-11-23)33-38-26(19-49-33)31(45)35-21(3)30(44)39-29/h6-12,15,19-22,25,29H,13-14,16-18H2,1-5H3,(H,35,45)(H,36,46)(H,37,42)(H,39,44)/t21-,22+,25-,29-/m0/s1. The van der Waals surface area contributed by atoms with Crippen molar-refractivity contribution < 1.29 is 28.8 Å². The second-order valence-corrected chi connectivity index (χ2v) is 14.3. The first kappa shape index (κ1) is 37.2. The molecular weight excluding hydrogens is 667 g/mol. The Morgan fingerprint density at radius 1 is 0.898 bits per heavy atom. The third kappa shape index (κ3) is 10.4. The Morgan fingerprint density at radius 2 is 1.63 bits per heavy atom. The summed E-state index contributed by atoms with van der Waals surface area (Å²) in [6, 6.07) is 9.62. The van der Waals surface area contributed by atoms with E-state index in [2.05, 4.69) is 26.3 Å². The number of aromatic nitrogens is 1.